The van der Waals surface area contributed by atoms with Gasteiger partial charge in [0.1, 0.15) is 0 Å². The molecule has 1 aliphatic heterocycles. The molecule has 1 saturated heterocycles. The van der Waals surface area contributed by atoms with Gasteiger partial charge in [-0.25, -0.2) is 4.79 Å². The second-order valence-electron chi connectivity index (χ2n) is 6.65. The SMILES string of the molecule is Cc1cc([C@@H]2CCCN2C(=O)NCc2nc(Cc3ccccc3)no2)on1. The number of nitrogens with one attached hydrogen (secondary N) is 1. The Balaban J connectivity index is 1.34. The molecule has 0 aliphatic carbocycles. The third-order valence-electron chi connectivity index (χ3n) is 4.59. The molecule has 1 aromatic carbocycles. The number of nitrogens with zero attached hydrogens (tertiary/aromatic N) is 4. The molecule has 0 saturated carbocycles. The van der Waals surface area contributed by atoms with Crippen LogP contribution in [0.2, 0.25) is 0 Å². The zero-order valence-electron chi connectivity index (χ0n) is 15.1. The molecule has 0 unspecified atom stereocenters. The summed E-state index contributed by atoms with van der Waals surface area (Å²) in [4.78, 5) is 18.7. The normalized spacial score (nSPS) is 16.6. The van der Waals surface area contributed by atoms with E-state index in [2.05, 4.69) is 20.6 Å². The quantitative estimate of drug-likeness (QED) is 0.744. The van der Waals surface area contributed by atoms with Crippen molar-refractivity contribution in [3.05, 3.63) is 65.1 Å². The lowest BCUT2D eigenvalue weighted by Gasteiger charge is -2.22. The van der Waals surface area contributed by atoms with Crippen molar-refractivity contribution in [1.29, 1.82) is 0 Å². The smallest absolute Gasteiger partial charge is 0.318 e. The highest BCUT2D eigenvalue weighted by molar-refractivity contribution is 5.74. The molecular formula is C19H21N5O3. The van der Waals surface area contributed by atoms with E-state index < -0.39 is 0 Å². The van der Waals surface area contributed by atoms with Crippen LogP contribution in [0.1, 0.15) is 47.6 Å². The summed E-state index contributed by atoms with van der Waals surface area (Å²) in [6.45, 7) is 2.74. The van der Waals surface area contributed by atoms with Gasteiger partial charge in [-0.15, -0.1) is 0 Å². The molecule has 1 fully saturated rings. The Labute approximate surface area is 156 Å². The maximum absolute atomic E-state index is 12.6. The molecule has 1 aliphatic rings. The van der Waals surface area contributed by atoms with Crippen molar-refractivity contribution in [2.75, 3.05) is 6.54 Å². The van der Waals surface area contributed by atoms with Gasteiger partial charge in [-0.3, -0.25) is 0 Å². The number of rotatable bonds is 5. The molecule has 0 radical (unpaired) electrons. The molecule has 140 valence electrons. The first-order valence-electron chi connectivity index (χ1n) is 9.02. The third-order valence-corrected chi connectivity index (χ3v) is 4.59. The van der Waals surface area contributed by atoms with Crippen LogP contribution in [0.5, 0.6) is 0 Å². The lowest BCUT2D eigenvalue weighted by atomic mass is 10.1. The number of benzene rings is 1. The molecule has 8 nitrogen and oxygen atoms in total. The number of hydrogen-bond donors (Lipinski definition) is 1. The summed E-state index contributed by atoms with van der Waals surface area (Å²) in [7, 11) is 0. The van der Waals surface area contributed by atoms with Crippen molar-refractivity contribution in [2.45, 2.75) is 38.8 Å². The molecule has 8 heteroatoms. The lowest BCUT2D eigenvalue weighted by molar-refractivity contribution is 0.180. The number of aromatic nitrogens is 3. The molecule has 2 aromatic heterocycles. The van der Waals surface area contributed by atoms with Crippen molar-refractivity contribution < 1.29 is 13.8 Å². The summed E-state index contributed by atoms with van der Waals surface area (Å²) in [6, 6.07) is 11.6. The number of urea groups is 1. The number of amides is 2. The van der Waals surface area contributed by atoms with Crippen LogP contribution in [-0.4, -0.2) is 32.8 Å². The molecule has 1 atom stereocenters. The Morgan fingerprint density at radius 1 is 1.26 bits per heavy atom. The second-order valence-corrected chi connectivity index (χ2v) is 6.65. The molecule has 4 rings (SSSR count). The predicted molar refractivity (Wildman–Crippen MR) is 95.7 cm³/mol. The van der Waals surface area contributed by atoms with Crippen molar-refractivity contribution in [3.63, 3.8) is 0 Å². The maximum atomic E-state index is 12.6. The van der Waals surface area contributed by atoms with E-state index in [1.165, 1.54) is 0 Å². The number of hydrogen-bond acceptors (Lipinski definition) is 6. The monoisotopic (exact) mass is 367 g/mol. The zero-order chi connectivity index (χ0) is 18.6. The van der Waals surface area contributed by atoms with Gasteiger partial charge in [0.25, 0.3) is 0 Å². The van der Waals surface area contributed by atoms with Gasteiger partial charge in [-0.2, -0.15) is 4.98 Å². The standard InChI is InChI=1S/C19H21N5O3/c1-13-10-16(26-22-13)15-8-5-9-24(15)19(25)20-12-18-21-17(23-27-18)11-14-6-3-2-4-7-14/h2-4,6-7,10,15H,5,8-9,11-12H2,1H3,(H,20,25)/t15-/m0/s1. The maximum Gasteiger partial charge on any atom is 0.318 e. The summed E-state index contributed by atoms with van der Waals surface area (Å²) in [5.74, 6) is 1.71. The number of likely N-dealkylation sites (tertiary alicyclic amines) is 1. The first kappa shape index (κ1) is 17.3. The first-order valence-corrected chi connectivity index (χ1v) is 9.02. The number of carbonyl (C=O) groups is 1. The highest BCUT2D eigenvalue weighted by Crippen LogP contribution is 2.32. The van der Waals surface area contributed by atoms with Crippen LogP contribution in [-0.2, 0) is 13.0 Å². The van der Waals surface area contributed by atoms with Crippen LogP contribution in [0, 0.1) is 6.92 Å². The van der Waals surface area contributed by atoms with Crippen molar-refractivity contribution in [2.24, 2.45) is 0 Å². The van der Waals surface area contributed by atoms with Gasteiger partial charge in [-0.1, -0.05) is 40.6 Å². The molecule has 2 amide bonds. The molecule has 27 heavy (non-hydrogen) atoms. The minimum absolute atomic E-state index is 0.0810. The fraction of sp³-hybridized carbons (Fsp3) is 0.368. The summed E-state index contributed by atoms with van der Waals surface area (Å²) < 4.78 is 10.6. The number of carbonyl (C=O) groups excluding carboxylic acids is 1. The highest BCUT2D eigenvalue weighted by atomic mass is 16.5. The van der Waals surface area contributed by atoms with E-state index in [1.807, 2.05) is 43.3 Å². The summed E-state index contributed by atoms with van der Waals surface area (Å²) in [5.41, 5.74) is 1.92. The average molecular weight is 367 g/mol. The highest BCUT2D eigenvalue weighted by Gasteiger charge is 2.32. The predicted octanol–water partition coefficient (Wildman–Crippen LogP) is 3.00. The molecular weight excluding hydrogens is 346 g/mol. The molecule has 3 heterocycles. The van der Waals surface area contributed by atoms with E-state index in [4.69, 9.17) is 9.05 Å². The van der Waals surface area contributed by atoms with Gasteiger partial charge in [0.2, 0.25) is 5.89 Å². The minimum atomic E-state index is -0.172. The molecule has 0 bridgehead atoms. The van der Waals surface area contributed by atoms with Crippen LogP contribution < -0.4 is 5.32 Å². The second kappa shape index (κ2) is 7.61. The van der Waals surface area contributed by atoms with Gasteiger partial charge in [0.05, 0.1) is 18.3 Å². The fourth-order valence-electron chi connectivity index (χ4n) is 3.31. The topological polar surface area (TPSA) is 97.3 Å². The van der Waals surface area contributed by atoms with Crippen LogP contribution in [0.3, 0.4) is 0 Å². The van der Waals surface area contributed by atoms with E-state index in [-0.39, 0.29) is 18.6 Å². The summed E-state index contributed by atoms with van der Waals surface area (Å²) >= 11 is 0. The van der Waals surface area contributed by atoms with Crippen LogP contribution >= 0.6 is 0 Å². The van der Waals surface area contributed by atoms with Crippen LogP contribution in [0.15, 0.2) is 45.4 Å². The molecule has 3 aromatic rings. The van der Waals surface area contributed by atoms with E-state index in [9.17, 15) is 4.79 Å². The van der Waals surface area contributed by atoms with Crippen LogP contribution in [0.4, 0.5) is 4.79 Å². The minimum Gasteiger partial charge on any atom is -0.359 e. The zero-order valence-corrected chi connectivity index (χ0v) is 15.1. The van der Waals surface area contributed by atoms with E-state index in [0.29, 0.717) is 24.7 Å². The first-order chi connectivity index (χ1) is 13.2. The van der Waals surface area contributed by atoms with E-state index in [1.54, 1.807) is 4.90 Å². The Morgan fingerprint density at radius 3 is 2.89 bits per heavy atom. The Hall–Kier alpha value is -3.16. The van der Waals surface area contributed by atoms with E-state index in [0.717, 1.165) is 29.9 Å². The van der Waals surface area contributed by atoms with E-state index >= 15 is 0 Å². The molecule has 0 spiro atoms. The Morgan fingerprint density at radius 2 is 2.11 bits per heavy atom. The molecule has 1 N–H and O–H groups in total. The average Bonchev–Trinajstić information content (AvgIpc) is 3.41. The largest absolute Gasteiger partial charge is 0.359 e. The third kappa shape index (κ3) is 3.99. The van der Waals surface area contributed by atoms with Crippen molar-refractivity contribution in [1.82, 2.24) is 25.5 Å². The van der Waals surface area contributed by atoms with Gasteiger partial charge < -0.3 is 19.3 Å². The van der Waals surface area contributed by atoms with Gasteiger partial charge in [0.15, 0.2) is 11.6 Å². The van der Waals surface area contributed by atoms with Gasteiger partial charge in [0, 0.05) is 19.0 Å². The number of aryl methyl sites for hydroxylation is 1. The summed E-state index contributed by atoms with van der Waals surface area (Å²) in [6.07, 6.45) is 2.39. The Kier molecular flexibility index (Phi) is 4.86. The van der Waals surface area contributed by atoms with Gasteiger partial charge in [-0.05, 0) is 25.3 Å². The lowest BCUT2D eigenvalue weighted by Crippen LogP contribution is -2.39. The van der Waals surface area contributed by atoms with Crippen molar-refractivity contribution >= 4 is 6.03 Å². The van der Waals surface area contributed by atoms with Crippen LogP contribution in [0.25, 0.3) is 0 Å². The van der Waals surface area contributed by atoms with Gasteiger partial charge >= 0.3 is 6.03 Å². The van der Waals surface area contributed by atoms with Crippen molar-refractivity contribution in [3.8, 4) is 0 Å². The fourth-order valence-corrected chi connectivity index (χ4v) is 3.31. The Bertz CT molecular complexity index is 905. The summed E-state index contributed by atoms with van der Waals surface area (Å²) in [5, 5.41) is 10.8.